The van der Waals surface area contributed by atoms with Gasteiger partial charge in [-0.15, -0.1) is 0 Å². The number of nitrogens with zero attached hydrogens (tertiary/aromatic N) is 1. The molecule has 68 valence electrons. The zero-order valence-electron chi connectivity index (χ0n) is 7.38. The molecule has 0 spiro atoms. The maximum Gasteiger partial charge on any atom is 0.165 e. The molecule has 0 bridgehead atoms. The highest BCUT2D eigenvalue weighted by Gasteiger charge is 2.03. The Morgan fingerprint density at radius 1 is 1.54 bits per heavy atom. The van der Waals surface area contributed by atoms with Crippen LogP contribution in [0.2, 0.25) is 0 Å². The minimum atomic E-state index is -0.424. The quantitative estimate of drug-likeness (QED) is 0.714. The molecule has 0 radical (unpaired) electrons. The summed E-state index contributed by atoms with van der Waals surface area (Å²) in [6.45, 7) is 2.40. The molecule has 3 heteroatoms. The fraction of sp³-hybridized carbons (Fsp3) is 0.300. The van der Waals surface area contributed by atoms with Gasteiger partial charge in [0.25, 0.3) is 0 Å². The average molecular weight is 179 g/mol. The Hall–Kier alpha value is -1.56. The third kappa shape index (κ3) is 2.45. The van der Waals surface area contributed by atoms with Crippen molar-refractivity contribution in [2.24, 2.45) is 0 Å². The number of rotatable bonds is 3. The highest BCUT2D eigenvalue weighted by atomic mass is 19.1. The van der Waals surface area contributed by atoms with Gasteiger partial charge in [-0.05, 0) is 18.6 Å². The van der Waals surface area contributed by atoms with E-state index >= 15 is 0 Å². The summed E-state index contributed by atoms with van der Waals surface area (Å²) in [5.41, 5.74) is 0.410. The van der Waals surface area contributed by atoms with Crippen molar-refractivity contribution in [3.63, 3.8) is 0 Å². The van der Waals surface area contributed by atoms with Gasteiger partial charge in [0.15, 0.2) is 11.6 Å². The van der Waals surface area contributed by atoms with E-state index in [-0.39, 0.29) is 5.75 Å². The van der Waals surface area contributed by atoms with E-state index in [4.69, 9.17) is 10.00 Å². The van der Waals surface area contributed by atoms with Gasteiger partial charge in [0.05, 0.1) is 18.2 Å². The standard InChI is InChI=1S/C10H10FNO/c1-2-5-13-10-6-8(7-12)3-4-9(10)11/h3-4,6H,2,5H2,1H3. The molecule has 1 aromatic carbocycles. The van der Waals surface area contributed by atoms with Crippen LogP contribution in [0.4, 0.5) is 4.39 Å². The number of hydrogen-bond acceptors (Lipinski definition) is 2. The molecule has 1 aromatic rings. The minimum absolute atomic E-state index is 0.154. The van der Waals surface area contributed by atoms with E-state index in [1.54, 1.807) is 0 Å². The van der Waals surface area contributed by atoms with Crippen molar-refractivity contribution >= 4 is 0 Å². The van der Waals surface area contributed by atoms with Gasteiger partial charge in [0.1, 0.15) is 0 Å². The molecule has 0 N–H and O–H groups in total. The molecule has 0 aliphatic carbocycles. The lowest BCUT2D eigenvalue weighted by Gasteiger charge is -2.05. The maximum absolute atomic E-state index is 13.0. The summed E-state index contributed by atoms with van der Waals surface area (Å²) in [6, 6.07) is 6.00. The molecule has 0 heterocycles. The zero-order chi connectivity index (χ0) is 9.68. The van der Waals surface area contributed by atoms with Gasteiger partial charge >= 0.3 is 0 Å². The lowest BCUT2D eigenvalue weighted by molar-refractivity contribution is 0.301. The first kappa shape index (κ1) is 9.53. The Kier molecular flexibility index (Phi) is 3.27. The van der Waals surface area contributed by atoms with Gasteiger partial charge in [-0.25, -0.2) is 4.39 Å². The Morgan fingerprint density at radius 3 is 2.92 bits per heavy atom. The Labute approximate surface area is 76.6 Å². The Balaban J connectivity index is 2.85. The van der Waals surface area contributed by atoms with Crippen LogP contribution in [0.3, 0.4) is 0 Å². The van der Waals surface area contributed by atoms with Crippen LogP contribution >= 0.6 is 0 Å². The van der Waals surface area contributed by atoms with E-state index in [9.17, 15) is 4.39 Å². The number of ether oxygens (including phenoxy) is 1. The maximum atomic E-state index is 13.0. The molecule has 0 amide bonds. The smallest absolute Gasteiger partial charge is 0.165 e. The van der Waals surface area contributed by atoms with Crippen molar-refractivity contribution in [3.8, 4) is 11.8 Å². The molecule has 13 heavy (non-hydrogen) atoms. The lowest BCUT2D eigenvalue weighted by atomic mass is 10.2. The second-order valence-electron chi connectivity index (χ2n) is 2.61. The molecule has 0 atom stereocenters. The van der Waals surface area contributed by atoms with Crippen LogP contribution in [0.1, 0.15) is 18.9 Å². The highest BCUT2D eigenvalue weighted by Crippen LogP contribution is 2.18. The molecule has 2 nitrogen and oxygen atoms in total. The monoisotopic (exact) mass is 179 g/mol. The third-order valence-corrected chi connectivity index (χ3v) is 1.52. The lowest BCUT2D eigenvalue weighted by Crippen LogP contribution is -1.97. The number of halogens is 1. The molecular weight excluding hydrogens is 169 g/mol. The fourth-order valence-electron chi connectivity index (χ4n) is 0.896. The van der Waals surface area contributed by atoms with E-state index in [0.717, 1.165) is 6.42 Å². The van der Waals surface area contributed by atoms with Crippen LogP contribution in [0.5, 0.6) is 5.75 Å². The topological polar surface area (TPSA) is 33.0 Å². The Bertz CT molecular complexity index is 330. The number of hydrogen-bond donors (Lipinski definition) is 0. The largest absolute Gasteiger partial charge is 0.490 e. The third-order valence-electron chi connectivity index (χ3n) is 1.52. The van der Waals surface area contributed by atoms with E-state index in [2.05, 4.69) is 0 Å². The molecule has 0 saturated heterocycles. The van der Waals surface area contributed by atoms with Crippen LogP contribution in [-0.2, 0) is 0 Å². The summed E-state index contributed by atoms with van der Waals surface area (Å²) < 4.78 is 18.1. The minimum Gasteiger partial charge on any atom is -0.490 e. The second-order valence-corrected chi connectivity index (χ2v) is 2.61. The molecule has 0 aromatic heterocycles. The van der Waals surface area contributed by atoms with E-state index < -0.39 is 5.82 Å². The molecule has 0 saturated carbocycles. The van der Waals surface area contributed by atoms with Crippen molar-refractivity contribution in [3.05, 3.63) is 29.6 Å². The summed E-state index contributed by atoms with van der Waals surface area (Å²) in [6.07, 6.45) is 0.816. The summed E-state index contributed by atoms with van der Waals surface area (Å²) >= 11 is 0. The van der Waals surface area contributed by atoms with Gasteiger partial charge < -0.3 is 4.74 Å². The van der Waals surface area contributed by atoms with Crippen molar-refractivity contribution in [2.45, 2.75) is 13.3 Å². The van der Waals surface area contributed by atoms with Gasteiger partial charge in [-0.2, -0.15) is 5.26 Å². The predicted molar refractivity (Wildman–Crippen MR) is 46.9 cm³/mol. The molecular formula is C10H10FNO. The molecule has 0 fully saturated rings. The summed E-state index contributed by atoms with van der Waals surface area (Å²) in [4.78, 5) is 0. The van der Waals surface area contributed by atoms with E-state index in [1.165, 1.54) is 18.2 Å². The number of nitriles is 1. The SMILES string of the molecule is CCCOc1cc(C#N)ccc1F. The van der Waals surface area contributed by atoms with Gasteiger partial charge in [-0.1, -0.05) is 6.92 Å². The summed E-state index contributed by atoms with van der Waals surface area (Å²) in [5.74, 6) is -0.270. The molecule has 0 unspecified atom stereocenters. The van der Waals surface area contributed by atoms with Crippen LogP contribution in [-0.4, -0.2) is 6.61 Å². The summed E-state index contributed by atoms with van der Waals surface area (Å²) in [7, 11) is 0. The first-order valence-electron chi connectivity index (χ1n) is 4.10. The van der Waals surface area contributed by atoms with Gasteiger partial charge in [0.2, 0.25) is 0 Å². The van der Waals surface area contributed by atoms with Crippen LogP contribution in [0.25, 0.3) is 0 Å². The van der Waals surface area contributed by atoms with Crippen LogP contribution in [0, 0.1) is 17.1 Å². The van der Waals surface area contributed by atoms with Gasteiger partial charge in [-0.3, -0.25) is 0 Å². The predicted octanol–water partition coefficient (Wildman–Crippen LogP) is 2.49. The van der Waals surface area contributed by atoms with Crippen LogP contribution in [0.15, 0.2) is 18.2 Å². The number of benzene rings is 1. The van der Waals surface area contributed by atoms with Crippen molar-refractivity contribution in [1.82, 2.24) is 0 Å². The van der Waals surface area contributed by atoms with Gasteiger partial charge in [0, 0.05) is 6.07 Å². The van der Waals surface area contributed by atoms with E-state index in [1.807, 2.05) is 13.0 Å². The highest BCUT2D eigenvalue weighted by molar-refractivity contribution is 5.37. The van der Waals surface area contributed by atoms with Crippen LogP contribution < -0.4 is 4.74 Å². The zero-order valence-corrected chi connectivity index (χ0v) is 7.38. The normalized spacial score (nSPS) is 9.31. The molecule has 0 aliphatic rings. The molecule has 0 aliphatic heterocycles. The first-order valence-corrected chi connectivity index (χ1v) is 4.10. The Morgan fingerprint density at radius 2 is 2.31 bits per heavy atom. The van der Waals surface area contributed by atoms with E-state index in [0.29, 0.717) is 12.2 Å². The van der Waals surface area contributed by atoms with Crippen molar-refractivity contribution in [2.75, 3.05) is 6.61 Å². The summed E-state index contributed by atoms with van der Waals surface area (Å²) in [5, 5.41) is 8.55. The van der Waals surface area contributed by atoms with Crippen molar-refractivity contribution < 1.29 is 9.13 Å². The fourth-order valence-corrected chi connectivity index (χ4v) is 0.896. The average Bonchev–Trinajstić information content (AvgIpc) is 2.17. The first-order chi connectivity index (χ1) is 6.27. The molecule has 1 rings (SSSR count). The van der Waals surface area contributed by atoms with Crippen molar-refractivity contribution in [1.29, 1.82) is 5.26 Å². The second kappa shape index (κ2) is 4.46.